The van der Waals surface area contributed by atoms with Crippen molar-refractivity contribution in [1.29, 1.82) is 0 Å². The first-order valence-corrected chi connectivity index (χ1v) is 7.41. The summed E-state index contributed by atoms with van der Waals surface area (Å²) in [5.41, 5.74) is 5.52. The van der Waals surface area contributed by atoms with Gasteiger partial charge in [0.2, 0.25) is 0 Å². The van der Waals surface area contributed by atoms with Crippen LogP contribution in [0, 0.1) is 0 Å². The summed E-state index contributed by atoms with van der Waals surface area (Å²) in [5.74, 6) is -2.72. The number of aromatic carboxylic acids is 1. The van der Waals surface area contributed by atoms with Crippen LogP contribution in [0.25, 0.3) is 16.5 Å². The normalized spacial score (nSPS) is 12.9. The summed E-state index contributed by atoms with van der Waals surface area (Å²) in [4.78, 5) is 51.7. The molecule has 4 N–H and O–H groups in total. The van der Waals surface area contributed by atoms with Gasteiger partial charge >= 0.3 is 5.97 Å². The second-order valence-corrected chi connectivity index (χ2v) is 5.63. The quantitative estimate of drug-likeness (QED) is 0.572. The number of hydrogen-bond acceptors (Lipinski definition) is 6. The lowest BCUT2D eigenvalue weighted by molar-refractivity contribution is 0.0698. The molecule has 4 rings (SSSR count). The predicted molar refractivity (Wildman–Crippen MR) is 90.5 cm³/mol. The van der Waals surface area contributed by atoms with Crippen molar-refractivity contribution in [2.75, 3.05) is 5.73 Å². The first-order valence-electron chi connectivity index (χ1n) is 7.41. The number of nitrogen functional groups attached to an aromatic ring is 1. The van der Waals surface area contributed by atoms with Crippen LogP contribution in [-0.2, 0) is 0 Å². The third-order valence-electron chi connectivity index (χ3n) is 4.22. The lowest BCUT2D eigenvalue weighted by Gasteiger charge is -2.15. The van der Waals surface area contributed by atoms with E-state index < -0.39 is 23.3 Å². The minimum absolute atomic E-state index is 0.0341. The topological polar surface area (TPSA) is 144 Å². The molecule has 0 unspecified atom stereocenters. The average Bonchev–Trinajstić information content (AvgIpc) is 2.88. The highest BCUT2D eigenvalue weighted by molar-refractivity contribution is 6.23. The number of nitrogens with zero attached hydrogens (tertiary/aromatic N) is 2. The number of carbonyl (C=O) groups excluding carboxylic acids is 2. The van der Waals surface area contributed by atoms with Crippen LogP contribution in [0.5, 0.6) is 0 Å². The van der Waals surface area contributed by atoms with E-state index in [2.05, 4.69) is 10.3 Å². The molecule has 9 heteroatoms. The summed E-state index contributed by atoms with van der Waals surface area (Å²) in [6.45, 7) is 0. The number of fused-ring (bicyclic) bond motifs is 2. The summed E-state index contributed by atoms with van der Waals surface area (Å²) in [6, 6.07) is 5.28. The fourth-order valence-electron chi connectivity index (χ4n) is 3.08. The maximum atomic E-state index is 12.6. The number of pyridine rings is 2. The Labute approximate surface area is 144 Å². The molecule has 0 saturated heterocycles. The van der Waals surface area contributed by atoms with Crippen LogP contribution < -0.4 is 16.6 Å². The average molecular weight is 350 g/mol. The van der Waals surface area contributed by atoms with Crippen LogP contribution in [0.3, 0.4) is 0 Å². The number of hydrogen-bond donors (Lipinski definition) is 3. The van der Waals surface area contributed by atoms with E-state index >= 15 is 0 Å². The molecule has 0 spiro atoms. The molecule has 0 saturated carbocycles. The minimum Gasteiger partial charge on any atom is -0.478 e. The van der Waals surface area contributed by atoms with E-state index in [0.29, 0.717) is 10.8 Å². The molecule has 0 aliphatic carbocycles. The van der Waals surface area contributed by atoms with Gasteiger partial charge in [-0.15, -0.1) is 0 Å². The van der Waals surface area contributed by atoms with Gasteiger partial charge in [0.15, 0.2) is 0 Å². The van der Waals surface area contributed by atoms with Gasteiger partial charge in [0.05, 0.1) is 22.4 Å². The number of rotatable bonds is 2. The van der Waals surface area contributed by atoms with E-state index in [0.717, 1.165) is 10.6 Å². The van der Waals surface area contributed by atoms with Gasteiger partial charge in [-0.05, 0) is 18.2 Å². The van der Waals surface area contributed by atoms with Gasteiger partial charge in [-0.1, -0.05) is 0 Å². The van der Waals surface area contributed by atoms with Crippen molar-refractivity contribution < 1.29 is 19.5 Å². The Morgan fingerprint density at radius 2 is 1.88 bits per heavy atom. The molecule has 9 nitrogen and oxygen atoms in total. The van der Waals surface area contributed by atoms with Gasteiger partial charge in [-0.3, -0.25) is 29.3 Å². The highest BCUT2D eigenvalue weighted by Gasteiger charge is 2.32. The number of nitrogens with two attached hydrogens (primary N) is 1. The SMILES string of the molecule is Nc1c2c(cc(=O)n1-c1ccc(C(=O)O)c3ccncc13)C(=O)NC2=O. The van der Waals surface area contributed by atoms with Gasteiger partial charge in [-0.2, -0.15) is 0 Å². The molecule has 0 fully saturated rings. The van der Waals surface area contributed by atoms with E-state index in [1.165, 1.54) is 30.6 Å². The molecule has 3 heterocycles. The fourth-order valence-corrected chi connectivity index (χ4v) is 3.08. The van der Waals surface area contributed by atoms with Crippen molar-refractivity contribution in [3.05, 3.63) is 63.7 Å². The third-order valence-corrected chi connectivity index (χ3v) is 4.22. The largest absolute Gasteiger partial charge is 0.478 e. The lowest BCUT2D eigenvalue weighted by atomic mass is 10.0. The molecule has 128 valence electrons. The fraction of sp³-hybridized carbons (Fsp3) is 0. The zero-order chi connectivity index (χ0) is 18.6. The Morgan fingerprint density at radius 3 is 2.62 bits per heavy atom. The second kappa shape index (κ2) is 5.24. The molecular formula is C17H10N4O5. The maximum absolute atomic E-state index is 12.6. The Hall–Kier alpha value is -4.01. The van der Waals surface area contributed by atoms with E-state index in [9.17, 15) is 24.3 Å². The molecule has 0 atom stereocenters. The van der Waals surface area contributed by atoms with Crippen LogP contribution >= 0.6 is 0 Å². The van der Waals surface area contributed by atoms with Gasteiger partial charge < -0.3 is 10.8 Å². The number of carboxylic acid groups (broad SMARTS) is 1. The summed E-state index contributed by atoms with van der Waals surface area (Å²) in [6.07, 6.45) is 2.83. The summed E-state index contributed by atoms with van der Waals surface area (Å²) >= 11 is 0. The van der Waals surface area contributed by atoms with Crippen molar-refractivity contribution in [2.45, 2.75) is 0 Å². The van der Waals surface area contributed by atoms with E-state index in [1.54, 1.807) is 0 Å². The van der Waals surface area contributed by atoms with E-state index in [-0.39, 0.29) is 28.2 Å². The van der Waals surface area contributed by atoms with Crippen LogP contribution in [0.15, 0.2) is 41.5 Å². The molecule has 2 amide bonds. The summed E-state index contributed by atoms with van der Waals surface area (Å²) < 4.78 is 1.06. The Kier molecular flexibility index (Phi) is 3.13. The molecule has 1 aliphatic heterocycles. The monoisotopic (exact) mass is 350 g/mol. The predicted octanol–water partition coefficient (Wildman–Crippen LogP) is 0.550. The third kappa shape index (κ3) is 2.00. The van der Waals surface area contributed by atoms with Gasteiger partial charge in [0.25, 0.3) is 17.4 Å². The molecule has 3 aromatic rings. The smallest absolute Gasteiger partial charge is 0.336 e. The molecule has 1 aliphatic rings. The van der Waals surface area contributed by atoms with Crippen molar-refractivity contribution in [3.8, 4) is 5.69 Å². The molecule has 1 aromatic carbocycles. The molecule has 2 aromatic heterocycles. The van der Waals surface area contributed by atoms with Gasteiger partial charge in [0.1, 0.15) is 5.82 Å². The summed E-state index contributed by atoms with van der Waals surface area (Å²) in [5, 5.41) is 12.2. The Balaban J connectivity index is 2.10. The number of carboxylic acids is 1. The van der Waals surface area contributed by atoms with Crippen LogP contribution in [0.4, 0.5) is 5.82 Å². The van der Waals surface area contributed by atoms with Gasteiger partial charge in [-0.25, -0.2) is 4.79 Å². The number of aromatic nitrogens is 2. The zero-order valence-electron chi connectivity index (χ0n) is 13.0. The lowest BCUT2D eigenvalue weighted by Crippen LogP contribution is -2.24. The first kappa shape index (κ1) is 15.5. The van der Waals surface area contributed by atoms with Crippen molar-refractivity contribution in [1.82, 2.24) is 14.9 Å². The number of nitrogens with one attached hydrogen (secondary N) is 1. The van der Waals surface area contributed by atoms with Crippen LogP contribution in [0.1, 0.15) is 31.1 Å². The number of anilines is 1. The Morgan fingerprint density at radius 1 is 1.12 bits per heavy atom. The zero-order valence-corrected chi connectivity index (χ0v) is 13.0. The van der Waals surface area contributed by atoms with E-state index in [4.69, 9.17) is 5.73 Å². The van der Waals surface area contributed by atoms with Crippen LogP contribution in [0.2, 0.25) is 0 Å². The highest BCUT2D eigenvalue weighted by atomic mass is 16.4. The van der Waals surface area contributed by atoms with E-state index in [1.807, 2.05) is 0 Å². The van der Waals surface area contributed by atoms with Crippen LogP contribution in [-0.4, -0.2) is 32.4 Å². The number of benzene rings is 1. The molecule has 0 bridgehead atoms. The second-order valence-electron chi connectivity index (χ2n) is 5.63. The molecule has 26 heavy (non-hydrogen) atoms. The maximum Gasteiger partial charge on any atom is 0.336 e. The standard InChI is InChI=1S/C17H10N4O5/c18-14-13-9(15(23)20-16(13)24)5-12(22)21(14)11-2-1-8(17(25)26)7-3-4-19-6-10(7)11/h1-6H,18H2,(H,25,26)(H,20,23,24). The highest BCUT2D eigenvalue weighted by Crippen LogP contribution is 2.28. The number of imide groups is 1. The summed E-state index contributed by atoms with van der Waals surface area (Å²) in [7, 11) is 0. The number of carbonyl (C=O) groups is 3. The minimum atomic E-state index is -1.13. The van der Waals surface area contributed by atoms with Crippen molar-refractivity contribution in [3.63, 3.8) is 0 Å². The van der Waals surface area contributed by atoms with Crippen molar-refractivity contribution >= 4 is 34.4 Å². The number of amides is 2. The molecule has 0 radical (unpaired) electrons. The Bertz CT molecular complexity index is 1210. The first-order chi connectivity index (χ1) is 12.4. The molecular weight excluding hydrogens is 340 g/mol. The van der Waals surface area contributed by atoms with Gasteiger partial charge in [0, 0.05) is 29.2 Å². The van der Waals surface area contributed by atoms with Crippen molar-refractivity contribution in [2.24, 2.45) is 0 Å².